The van der Waals surface area contributed by atoms with E-state index in [0.717, 1.165) is 17.8 Å². The van der Waals surface area contributed by atoms with Gasteiger partial charge in [-0.3, -0.25) is 0 Å². The SMILES string of the molecule is Cc1ccc(-c2nc(CNC(C)(C)C)co2)cc1. The van der Waals surface area contributed by atoms with E-state index in [9.17, 15) is 0 Å². The molecule has 2 rings (SSSR count). The van der Waals surface area contributed by atoms with Gasteiger partial charge in [0.1, 0.15) is 6.26 Å². The summed E-state index contributed by atoms with van der Waals surface area (Å²) in [6.07, 6.45) is 1.72. The van der Waals surface area contributed by atoms with Gasteiger partial charge in [0.25, 0.3) is 0 Å². The first-order valence-electron chi connectivity index (χ1n) is 6.20. The van der Waals surface area contributed by atoms with Crippen LogP contribution >= 0.6 is 0 Å². The molecule has 0 aliphatic heterocycles. The lowest BCUT2D eigenvalue weighted by atomic mass is 10.1. The second kappa shape index (κ2) is 4.94. The van der Waals surface area contributed by atoms with E-state index < -0.39 is 0 Å². The number of hydrogen-bond donors (Lipinski definition) is 1. The van der Waals surface area contributed by atoms with Crippen LogP contribution in [0, 0.1) is 6.92 Å². The Hall–Kier alpha value is -1.61. The van der Waals surface area contributed by atoms with E-state index >= 15 is 0 Å². The zero-order chi connectivity index (χ0) is 13.2. The second-order valence-electron chi connectivity index (χ2n) is 5.61. The van der Waals surface area contributed by atoms with Gasteiger partial charge in [0.05, 0.1) is 5.69 Å². The molecule has 0 amide bonds. The maximum Gasteiger partial charge on any atom is 0.226 e. The molecular weight excluding hydrogens is 224 g/mol. The molecule has 0 unspecified atom stereocenters. The highest BCUT2D eigenvalue weighted by molar-refractivity contribution is 5.53. The minimum atomic E-state index is 0.0863. The standard InChI is InChI=1S/C15H20N2O/c1-11-5-7-12(8-6-11)14-17-13(10-18-14)9-16-15(2,3)4/h5-8,10,16H,9H2,1-4H3. The number of aromatic nitrogens is 1. The maximum absolute atomic E-state index is 5.50. The minimum Gasteiger partial charge on any atom is -0.444 e. The molecule has 18 heavy (non-hydrogen) atoms. The molecule has 3 heteroatoms. The Morgan fingerprint density at radius 2 is 1.83 bits per heavy atom. The quantitative estimate of drug-likeness (QED) is 0.897. The summed E-state index contributed by atoms with van der Waals surface area (Å²) in [5.74, 6) is 0.681. The zero-order valence-electron chi connectivity index (χ0n) is 11.4. The van der Waals surface area contributed by atoms with E-state index in [-0.39, 0.29) is 5.54 Å². The molecule has 0 radical (unpaired) electrons. The summed E-state index contributed by atoms with van der Waals surface area (Å²) < 4.78 is 5.50. The van der Waals surface area contributed by atoms with Crippen molar-refractivity contribution in [3.8, 4) is 11.5 Å². The van der Waals surface area contributed by atoms with Gasteiger partial charge in [0.15, 0.2) is 0 Å². The highest BCUT2D eigenvalue weighted by Gasteiger charge is 2.11. The molecule has 0 bridgehead atoms. The van der Waals surface area contributed by atoms with Crippen LogP contribution in [0.15, 0.2) is 34.9 Å². The molecule has 1 aromatic heterocycles. The van der Waals surface area contributed by atoms with Crippen molar-refractivity contribution in [1.29, 1.82) is 0 Å². The highest BCUT2D eigenvalue weighted by Crippen LogP contribution is 2.19. The molecule has 0 saturated carbocycles. The third kappa shape index (κ3) is 3.44. The Balaban J connectivity index is 2.08. The molecule has 0 spiro atoms. The lowest BCUT2D eigenvalue weighted by Crippen LogP contribution is -2.35. The van der Waals surface area contributed by atoms with E-state index in [2.05, 4.69) is 50.1 Å². The maximum atomic E-state index is 5.50. The van der Waals surface area contributed by atoms with Gasteiger partial charge in [-0.1, -0.05) is 17.7 Å². The largest absolute Gasteiger partial charge is 0.444 e. The van der Waals surface area contributed by atoms with Gasteiger partial charge >= 0.3 is 0 Å². The van der Waals surface area contributed by atoms with E-state index in [1.807, 2.05) is 12.1 Å². The van der Waals surface area contributed by atoms with Crippen molar-refractivity contribution >= 4 is 0 Å². The molecule has 1 heterocycles. The van der Waals surface area contributed by atoms with Gasteiger partial charge in [0.2, 0.25) is 5.89 Å². The minimum absolute atomic E-state index is 0.0863. The van der Waals surface area contributed by atoms with Gasteiger partial charge in [0, 0.05) is 17.6 Å². The first-order valence-corrected chi connectivity index (χ1v) is 6.20. The summed E-state index contributed by atoms with van der Waals surface area (Å²) in [5, 5.41) is 3.39. The predicted molar refractivity (Wildman–Crippen MR) is 73.3 cm³/mol. The van der Waals surface area contributed by atoms with E-state index in [4.69, 9.17) is 4.42 Å². The van der Waals surface area contributed by atoms with E-state index in [1.165, 1.54) is 5.56 Å². The molecule has 1 N–H and O–H groups in total. The van der Waals surface area contributed by atoms with Crippen LogP contribution in [0.25, 0.3) is 11.5 Å². The van der Waals surface area contributed by atoms with Gasteiger partial charge in [-0.25, -0.2) is 4.98 Å². The number of oxazole rings is 1. The summed E-state index contributed by atoms with van der Waals surface area (Å²) in [6.45, 7) is 9.19. The van der Waals surface area contributed by atoms with Crippen LogP contribution in [-0.4, -0.2) is 10.5 Å². The van der Waals surface area contributed by atoms with Gasteiger partial charge in [-0.05, 0) is 39.8 Å². The number of aryl methyl sites for hydroxylation is 1. The molecule has 0 saturated heterocycles. The average Bonchev–Trinajstić information content (AvgIpc) is 2.75. The van der Waals surface area contributed by atoms with Crippen molar-refractivity contribution in [3.63, 3.8) is 0 Å². The van der Waals surface area contributed by atoms with Crippen LogP contribution in [0.3, 0.4) is 0 Å². The summed E-state index contributed by atoms with van der Waals surface area (Å²) in [6, 6.07) is 8.18. The fraction of sp³-hybridized carbons (Fsp3) is 0.400. The van der Waals surface area contributed by atoms with Crippen LogP contribution in [0.4, 0.5) is 0 Å². The fourth-order valence-electron chi connectivity index (χ4n) is 1.57. The average molecular weight is 244 g/mol. The van der Waals surface area contributed by atoms with Crippen molar-refractivity contribution in [2.75, 3.05) is 0 Å². The van der Waals surface area contributed by atoms with Gasteiger partial charge in [-0.2, -0.15) is 0 Å². The Bertz CT molecular complexity index is 506. The molecule has 0 atom stereocenters. The highest BCUT2D eigenvalue weighted by atomic mass is 16.3. The first kappa shape index (κ1) is 12.8. The third-order valence-electron chi connectivity index (χ3n) is 2.65. The monoisotopic (exact) mass is 244 g/mol. The summed E-state index contributed by atoms with van der Waals surface area (Å²) in [4.78, 5) is 4.48. The first-order chi connectivity index (χ1) is 8.44. The second-order valence-corrected chi connectivity index (χ2v) is 5.61. The van der Waals surface area contributed by atoms with Crippen molar-refractivity contribution in [3.05, 3.63) is 41.8 Å². The fourth-order valence-corrected chi connectivity index (χ4v) is 1.57. The topological polar surface area (TPSA) is 38.1 Å². The molecule has 0 aliphatic rings. The molecule has 0 fully saturated rings. The number of benzene rings is 1. The number of nitrogens with one attached hydrogen (secondary N) is 1. The Morgan fingerprint density at radius 1 is 1.17 bits per heavy atom. The smallest absolute Gasteiger partial charge is 0.226 e. The Morgan fingerprint density at radius 3 is 2.44 bits per heavy atom. The van der Waals surface area contributed by atoms with E-state index in [1.54, 1.807) is 6.26 Å². The summed E-state index contributed by atoms with van der Waals surface area (Å²) in [5.41, 5.74) is 3.27. The molecule has 1 aromatic carbocycles. The van der Waals surface area contributed by atoms with Crippen molar-refractivity contribution in [2.45, 2.75) is 39.8 Å². The molecule has 3 nitrogen and oxygen atoms in total. The third-order valence-corrected chi connectivity index (χ3v) is 2.65. The number of nitrogens with zero attached hydrogens (tertiary/aromatic N) is 1. The van der Waals surface area contributed by atoms with Gasteiger partial charge < -0.3 is 9.73 Å². The van der Waals surface area contributed by atoms with Crippen LogP contribution in [0.5, 0.6) is 0 Å². The van der Waals surface area contributed by atoms with Crippen LogP contribution in [0.1, 0.15) is 32.0 Å². The van der Waals surface area contributed by atoms with Crippen LogP contribution in [-0.2, 0) is 6.54 Å². The van der Waals surface area contributed by atoms with Crippen molar-refractivity contribution in [1.82, 2.24) is 10.3 Å². The lowest BCUT2D eigenvalue weighted by molar-refractivity contribution is 0.421. The predicted octanol–water partition coefficient (Wildman–Crippen LogP) is 3.54. The lowest BCUT2D eigenvalue weighted by Gasteiger charge is -2.19. The Labute approximate surface area is 108 Å². The molecule has 96 valence electrons. The summed E-state index contributed by atoms with van der Waals surface area (Å²) >= 11 is 0. The van der Waals surface area contributed by atoms with Gasteiger partial charge in [-0.15, -0.1) is 0 Å². The number of rotatable bonds is 3. The van der Waals surface area contributed by atoms with Crippen LogP contribution in [0.2, 0.25) is 0 Å². The van der Waals surface area contributed by atoms with Crippen molar-refractivity contribution < 1.29 is 4.42 Å². The molecule has 2 aromatic rings. The molecule has 0 aliphatic carbocycles. The Kier molecular flexibility index (Phi) is 3.53. The number of hydrogen-bond acceptors (Lipinski definition) is 3. The van der Waals surface area contributed by atoms with E-state index in [0.29, 0.717) is 5.89 Å². The zero-order valence-corrected chi connectivity index (χ0v) is 11.4. The van der Waals surface area contributed by atoms with Crippen LogP contribution < -0.4 is 5.32 Å². The van der Waals surface area contributed by atoms with Crippen molar-refractivity contribution in [2.24, 2.45) is 0 Å². The normalized spacial score (nSPS) is 11.8. The summed E-state index contributed by atoms with van der Waals surface area (Å²) in [7, 11) is 0. The molecular formula is C15H20N2O.